The molecule has 0 aliphatic rings. The van der Waals surface area contributed by atoms with Gasteiger partial charge in [-0.2, -0.15) is 0 Å². The van der Waals surface area contributed by atoms with E-state index < -0.39 is 0 Å². The maximum atomic E-state index is 12.9. The van der Waals surface area contributed by atoms with Crippen molar-refractivity contribution in [3.8, 4) is 0 Å². The standard InChI is InChI=1S/C32H22Cl3OS2/c1-21-2-4-22(5-3-21)32(36)23-6-19-31(30(35)20-23)37-26-11-17-29(18-12-26)38(27-13-7-24(33)8-14-27)28-15-9-25(34)10-16-28/h2-20H,1H3/q+1. The number of aryl methyl sites for hydroxylation is 1. The van der Waals surface area contributed by atoms with E-state index in [2.05, 4.69) is 48.5 Å². The summed E-state index contributed by atoms with van der Waals surface area (Å²) >= 11 is 20.5. The zero-order chi connectivity index (χ0) is 26.6. The SMILES string of the molecule is Cc1ccc(C(=O)c2ccc(Sc3ccc([S+](c4ccc(Cl)cc4)c4ccc(Cl)cc4)cc3)c(Cl)c2)cc1. The van der Waals surface area contributed by atoms with E-state index in [0.29, 0.717) is 26.2 Å². The molecule has 0 saturated carbocycles. The van der Waals surface area contributed by atoms with Gasteiger partial charge in [-0.3, -0.25) is 4.79 Å². The molecular weight excluding hydrogens is 571 g/mol. The fraction of sp³-hybridized carbons (Fsp3) is 0.0312. The van der Waals surface area contributed by atoms with Gasteiger partial charge in [-0.05, 0) is 97.9 Å². The van der Waals surface area contributed by atoms with Crippen LogP contribution in [0.5, 0.6) is 0 Å². The van der Waals surface area contributed by atoms with Crippen molar-refractivity contribution in [3.63, 3.8) is 0 Å². The Balaban J connectivity index is 1.38. The molecule has 0 spiro atoms. The minimum Gasteiger partial charge on any atom is -0.289 e. The minimum atomic E-state index is -0.309. The van der Waals surface area contributed by atoms with Crippen molar-refractivity contribution in [3.05, 3.63) is 147 Å². The first-order valence-corrected chi connectivity index (χ1v) is 15.0. The van der Waals surface area contributed by atoms with Crippen molar-refractivity contribution >= 4 is 63.2 Å². The van der Waals surface area contributed by atoms with Gasteiger partial charge in [0.1, 0.15) is 0 Å². The van der Waals surface area contributed by atoms with Crippen LogP contribution in [-0.4, -0.2) is 5.78 Å². The Bertz CT molecular complexity index is 1520. The monoisotopic (exact) mass is 591 g/mol. The van der Waals surface area contributed by atoms with Crippen molar-refractivity contribution in [2.24, 2.45) is 0 Å². The zero-order valence-electron chi connectivity index (χ0n) is 20.3. The van der Waals surface area contributed by atoms with E-state index in [1.807, 2.05) is 67.6 Å². The third kappa shape index (κ3) is 6.31. The van der Waals surface area contributed by atoms with Crippen LogP contribution in [0, 0.1) is 6.92 Å². The Morgan fingerprint density at radius 1 is 0.605 bits per heavy atom. The Hall–Kier alpha value is -2.66. The van der Waals surface area contributed by atoms with Crippen LogP contribution in [0.2, 0.25) is 15.1 Å². The number of halogens is 3. The first kappa shape index (κ1) is 26.9. The molecule has 0 bridgehead atoms. The third-order valence-corrected chi connectivity index (χ3v) is 10.1. The van der Waals surface area contributed by atoms with Crippen molar-refractivity contribution in [2.45, 2.75) is 31.4 Å². The van der Waals surface area contributed by atoms with Crippen LogP contribution in [0.25, 0.3) is 0 Å². The molecule has 0 fully saturated rings. The number of hydrogen-bond donors (Lipinski definition) is 0. The maximum Gasteiger partial charge on any atom is 0.193 e. The Labute approximate surface area is 245 Å². The quantitative estimate of drug-likeness (QED) is 0.138. The summed E-state index contributed by atoms with van der Waals surface area (Å²) in [5, 5.41) is 1.98. The summed E-state index contributed by atoms with van der Waals surface area (Å²) in [6.07, 6.45) is 0. The van der Waals surface area contributed by atoms with E-state index in [1.54, 1.807) is 17.8 Å². The largest absolute Gasteiger partial charge is 0.289 e. The highest BCUT2D eigenvalue weighted by Gasteiger charge is 2.28. The van der Waals surface area contributed by atoms with Crippen molar-refractivity contribution in [1.29, 1.82) is 0 Å². The molecule has 0 heterocycles. The Morgan fingerprint density at radius 2 is 1.08 bits per heavy atom. The van der Waals surface area contributed by atoms with Crippen molar-refractivity contribution < 1.29 is 4.79 Å². The molecule has 5 aromatic carbocycles. The summed E-state index contributed by atoms with van der Waals surface area (Å²) in [5.74, 6) is -0.0377. The summed E-state index contributed by atoms with van der Waals surface area (Å²) < 4.78 is 0. The highest BCUT2D eigenvalue weighted by molar-refractivity contribution is 7.99. The topological polar surface area (TPSA) is 17.1 Å². The third-order valence-electron chi connectivity index (χ3n) is 5.89. The maximum absolute atomic E-state index is 12.9. The second-order valence-corrected chi connectivity index (χ2v) is 13.0. The molecule has 0 radical (unpaired) electrons. The Kier molecular flexibility index (Phi) is 8.52. The predicted octanol–water partition coefficient (Wildman–Crippen LogP) is 10.4. The van der Waals surface area contributed by atoms with E-state index in [1.165, 1.54) is 14.7 Å². The summed E-state index contributed by atoms with van der Waals surface area (Å²) in [6, 6.07) is 37.6. The molecule has 0 atom stereocenters. The fourth-order valence-electron chi connectivity index (χ4n) is 3.92. The predicted molar refractivity (Wildman–Crippen MR) is 162 cm³/mol. The van der Waals surface area contributed by atoms with Gasteiger partial charge in [0.15, 0.2) is 20.5 Å². The lowest BCUT2D eigenvalue weighted by atomic mass is 10.0. The highest BCUT2D eigenvalue weighted by Crippen LogP contribution is 2.37. The van der Waals surface area contributed by atoms with E-state index in [9.17, 15) is 4.79 Å². The molecule has 5 rings (SSSR count). The van der Waals surface area contributed by atoms with E-state index >= 15 is 0 Å². The molecule has 0 aromatic heterocycles. The highest BCUT2D eigenvalue weighted by atomic mass is 35.5. The van der Waals surface area contributed by atoms with E-state index in [0.717, 1.165) is 15.4 Å². The summed E-state index contributed by atoms with van der Waals surface area (Å²) in [4.78, 5) is 18.4. The van der Waals surface area contributed by atoms with Crippen LogP contribution >= 0.6 is 46.6 Å². The number of carbonyl (C=O) groups excluding carboxylic acids is 1. The number of ketones is 1. The molecule has 0 N–H and O–H groups in total. The van der Waals surface area contributed by atoms with Gasteiger partial charge in [-0.1, -0.05) is 76.4 Å². The molecule has 6 heteroatoms. The normalized spacial score (nSPS) is 11.1. The zero-order valence-corrected chi connectivity index (χ0v) is 24.2. The number of rotatable bonds is 7. The fourth-order valence-corrected chi connectivity index (χ4v) is 7.32. The molecule has 0 unspecified atom stereocenters. The second-order valence-electron chi connectivity index (χ2n) is 8.63. The van der Waals surface area contributed by atoms with Crippen LogP contribution in [-0.2, 0) is 10.9 Å². The molecule has 38 heavy (non-hydrogen) atoms. The van der Waals surface area contributed by atoms with E-state index in [-0.39, 0.29) is 16.7 Å². The van der Waals surface area contributed by atoms with Crippen LogP contribution in [0.4, 0.5) is 0 Å². The van der Waals surface area contributed by atoms with E-state index in [4.69, 9.17) is 34.8 Å². The lowest BCUT2D eigenvalue weighted by molar-refractivity contribution is 0.103. The lowest BCUT2D eigenvalue weighted by Crippen LogP contribution is -2.04. The first-order chi connectivity index (χ1) is 18.4. The number of benzene rings is 5. The molecule has 188 valence electrons. The average molecular weight is 593 g/mol. The van der Waals surface area contributed by atoms with Gasteiger partial charge in [0, 0.05) is 31.0 Å². The van der Waals surface area contributed by atoms with Gasteiger partial charge < -0.3 is 0 Å². The van der Waals surface area contributed by atoms with Crippen molar-refractivity contribution in [1.82, 2.24) is 0 Å². The molecule has 0 amide bonds. The molecule has 0 saturated heterocycles. The van der Waals surface area contributed by atoms with Crippen LogP contribution in [0.3, 0.4) is 0 Å². The van der Waals surface area contributed by atoms with Crippen LogP contribution in [0.15, 0.2) is 140 Å². The van der Waals surface area contributed by atoms with Gasteiger partial charge in [0.05, 0.1) is 15.9 Å². The first-order valence-electron chi connectivity index (χ1n) is 11.8. The van der Waals surface area contributed by atoms with Gasteiger partial charge >= 0.3 is 0 Å². The van der Waals surface area contributed by atoms with Gasteiger partial charge in [-0.15, -0.1) is 0 Å². The van der Waals surface area contributed by atoms with Crippen LogP contribution in [0.1, 0.15) is 21.5 Å². The smallest absolute Gasteiger partial charge is 0.193 e. The van der Waals surface area contributed by atoms with Crippen LogP contribution < -0.4 is 0 Å². The lowest BCUT2D eigenvalue weighted by Gasteiger charge is -2.10. The average Bonchev–Trinajstić information content (AvgIpc) is 2.93. The van der Waals surface area contributed by atoms with Gasteiger partial charge in [0.2, 0.25) is 0 Å². The summed E-state index contributed by atoms with van der Waals surface area (Å²) in [6.45, 7) is 2.00. The van der Waals surface area contributed by atoms with Crippen molar-refractivity contribution in [2.75, 3.05) is 0 Å². The molecule has 0 aliphatic heterocycles. The minimum absolute atomic E-state index is 0.0377. The molecular formula is C32H22Cl3OS2+. The summed E-state index contributed by atoms with van der Waals surface area (Å²) in [7, 11) is -0.309. The molecule has 1 nitrogen and oxygen atoms in total. The van der Waals surface area contributed by atoms with Gasteiger partial charge in [-0.25, -0.2) is 0 Å². The second kappa shape index (κ2) is 12.0. The Morgan fingerprint density at radius 3 is 1.58 bits per heavy atom. The molecule has 5 aromatic rings. The molecule has 0 aliphatic carbocycles. The summed E-state index contributed by atoms with van der Waals surface area (Å²) in [5.41, 5.74) is 2.35. The van der Waals surface area contributed by atoms with Gasteiger partial charge in [0.25, 0.3) is 0 Å². The number of hydrogen-bond acceptors (Lipinski definition) is 2. The number of carbonyl (C=O) groups is 1.